The number of anilines is 6. The molecule has 15 nitrogen and oxygen atoms in total. The molecule has 1 unspecified atom stereocenters. The highest BCUT2D eigenvalue weighted by Crippen LogP contribution is 2.35. The van der Waals surface area contributed by atoms with E-state index in [1.54, 1.807) is 25.1 Å². The van der Waals surface area contributed by atoms with Crippen molar-refractivity contribution >= 4 is 68.2 Å². The van der Waals surface area contributed by atoms with Gasteiger partial charge in [0.1, 0.15) is 29.3 Å². The molecule has 2 fully saturated rings. The van der Waals surface area contributed by atoms with Crippen LogP contribution in [0, 0.1) is 24.4 Å². The zero-order valence-corrected chi connectivity index (χ0v) is 36.2. The van der Waals surface area contributed by atoms with Gasteiger partial charge in [0.05, 0.1) is 21.6 Å². The van der Waals surface area contributed by atoms with Gasteiger partial charge in [0.2, 0.25) is 27.8 Å². The predicted octanol–water partition coefficient (Wildman–Crippen LogP) is 7.09. The van der Waals surface area contributed by atoms with Crippen molar-refractivity contribution in [3.8, 4) is 0 Å². The van der Waals surface area contributed by atoms with Gasteiger partial charge in [-0.05, 0) is 128 Å². The normalized spacial score (nSPS) is 17.4. The molecular formula is C44H50F3N9O6S. The van der Waals surface area contributed by atoms with E-state index in [2.05, 4.69) is 40.9 Å². The average Bonchev–Trinajstić information content (AvgIpc) is 3.47. The van der Waals surface area contributed by atoms with Gasteiger partial charge < -0.3 is 20.9 Å². The average molecular weight is 890 g/mol. The Morgan fingerprint density at radius 2 is 1.57 bits per heavy atom. The summed E-state index contributed by atoms with van der Waals surface area (Å²) in [5, 5.41) is 11.4. The van der Waals surface area contributed by atoms with Gasteiger partial charge in [0, 0.05) is 47.4 Å². The molecule has 0 aliphatic carbocycles. The zero-order chi connectivity index (χ0) is 45.2. The fraction of sp³-hybridized carbons (Fsp3) is 0.409. The third-order valence-electron chi connectivity index (χ3n) is 11.5. The van der Waals surface area contributed by atoms with Gasteiger partial charge in [-0.25, -0.2) is 26.6 Å². The van der Waals surface area contributed by atoms with E-state index in [0.29, 0.717) is 55.2 Å². The summed E-state index contributed by atoms with van der Waals surface area (Å²) in [6, 6.07) is 10.2. The smallest absolute Gasteiger partial charge is 0.264 e. The molecule has 0 spiro atoms. The maximum atomic E-state index is 15.6. The van der Waals surface area contributed by atoms with Crippen LogP contribution in [-0.2, 0) is 19.6 Å². The first kappa shape index (κ1) is 45.0. The van der Waals surface area contributed by atoms with Gasteiger partial charge in [0.25, 0.3) is 11.8 Å². The van der Waals surface area contributed by atoms with Gasteiger partial charge in [-0.3, -0.25) is 34.1 Å². The molecule has 1 aromatic heterocycles. The molecule has 3 aliphatic rings. The van der Waals surface area contributed by atoms with E-state index < -0.39 is 61.9 Å². The molecule has 5 N–H and O–H groups in total. The highest BCUT2D eigenvalue weighted by atomic mass is 32.2. The minimum Gasteiger partial charge on any atom is -0.384 e. The summed E-state index contributed by atoms with van der Waals surface area (Å²) in [6.45, 7) is 8.96. The number of aromatic nitrogens is 2. The Bertz CT molecular complexity index is 2540. The van der Waals surface area contributed by atoms with Gasteiger partial charge in [0.15, 0.2) is 0 Å². The molecule has 0 radical (unpaired) electrons. The Balaban J connectivity index is 0.872. The number of hydrogen-bond donors (Lipinski definition) is 5. The molecule has 4 aromatic rings. The second kappa shape index (κ2) is 18.3. The summed E-state index contributed by atoms with van der Waals surface area (Å²) < 4.78 is 72.2. The molecule has 0 bridgehead atoms. The van der Waals surface area contributed by atoms with Crippen LogP contribution in [0.1, 0.15) is 103 Å². The molecule has 7 rings (SSSR count). The lowest BCUT2D eigenvalue weighted by molar-refractivity contribution is -0.136. The lowest BCUT2D eigenvalue weighted by Gasteiger charge is -2.32. The summed E-state index contributed by atoms with van der Waals surface area (Å²) in [7, 11) is -3.90. The number of unbranched alkanes of at least 4 members (excludes halogenated alkanes) is 2. The van der Waals surface area contributed by atoms with Crippen molar-refractivity contribution in [2.75, 3.05) is 46.9 Å². The monoisotopic (exact) mass is 889 g/mol. The number of carbonyl (C=O) groups excluding carboxylic acids is 4. The van der Waals surface area contributed by atoms with Crippen LogP contribution >= 0.6 is 0 Å². The van der Waals surface area contributed by atoms with E-state index in [0.717, 1.165) is 36.8 Å². The summed E-state index contributed by atoms with van der Waals surface area (Å²) >= 11 is 0. The molecule has 19 heteroatoms. The molecule has 334 valence electrons. The number of likely N-dealkylation sites (tertiary alicyclic amines) is 1. The van der Waals surface area contributed by atoms with Gasteiger partial charge in [-0.15, -0.1) is 0 Å². The molecule has 0 saturated carbocycles. The van der Waals surface area contributed by atoms with Crippen LogP contribution in [0.5, 0.6) is 0 Å². The van der Waals surface area contributed by atoms with Gasteiger partial charge in [-0.2, -0.15) is 4.98 Å². The van der Waals surface area contributed by atoms with Crippen LogP contribution < -0.4 is 26.0 Å². The number of hydrogen-bond acceptors (Lipinski definition) is 12. The summed E-state index contributed by atoms with van der Waals surface area (Å²) in [4.78, 5) is 62.4. The van der Waals surface area contributed by atoms with E-state index in [-0.39, 0.29) is 52.8 Å². The second-order valence-corrected chi connectivity index (χ2v) is 19.5. The van der Waals surface area contributed by atoms with Crippen molar-refractivity contribution in [2.24, 2.45) is 0 Å². The van der Waals surface area contributed by atoms with Crippen molar-refractivity contribution in [1.82, 2.24) is 25.1 Å². The maximum absolute atomic E-state index is 15.6. The number of carbonyl (C=O) groups is 4. The molecule has 1 atom stereocenters. The highest BCUT2D eigenvalue weighted by Gasteiger charge is 2.45. The Hall–Kier alpha value is -6.08. The van der Waals surface area contributed by atoms with E-state index in [4.69, 9.17) is 0 Å². The number of halogens is 3. The number of piperidine rings is 2. The van der Waals surface area contributed by atoms with Gasteiger partial charge in [-0.1, -0.05) is 12.5 Å². The van der Waals surface area contributed by atoms with Gasteiger partial charge >= 0.3 is 0 Å². The number of nitrogens with zero attached hydrogens (tertiary/aromatic N) is 4. The van der Waals surface area contributed by atoms with Crippen molar-refractivity contribution in [3.63, 3.8) is 0 Å². The highest BCUT2D eigenvalue weighted by molar-refractivity contribution is 7.94. The van der Waals surface area contributed by atoms with Crippen molar-refractivity contribution in [1.29, 1.82) is 0 Å². The molecule has 3 aromatic carbocycles. The number of aryl methyl sites for hydroxylation is 1. The lowest BCUT2D eigenvalue weighted by atomic mass is 9.88. The molecule has 2 saturated heterocycles. The number of fused-ring (bicyclic) bond motifs is 1. The third kappa shape index (κ3) is 9.94. The molecule has 4 heterocycles. The van der Waals surface area contributed by atoms with Crippen molar-refractivity contribution in [2.45, 2.75) is 89.3 Å². The fourth-order valence-corrected chi connectivity index (χ4v) is 8.64. The number of rotatable bonds is 15. The Kier molecular flexibility index (Phi) is 13.1. The number of sulfonamides is 1. The minimum absolute atomic E-state index is 0.0421. The largest absolute Gasteiger partial charge is 0.384 e. The van der Waals surface area contributed by atoms with E-state index >= 15 is 8.78 Å². The second-order valence-electron chi connectivity index (χ2n) is 17.0. The molecule has 63 heavy (non-hydrogen) atoms. The maximum Gasteiger partial charge on any atom is 0.264 e. The van der Waals surface area contributed by atoms with Crippen LogP contribution in [0.25, 0.3) is 0 Å². The van der Waals surface area contributed by atoms with E-state index in [1.165, 1.54) is 51.2 Å². The van der Waals surface area contributed by atoms with Crippen molar-refractivity contribution in [3.05, 3.63) is 94.4 Å². The first-order valence-electron chi connectivity index (χ1n) is 20.9. The Labute approximate surface area is 363 Å². The first-order chi connectivity index (χ1) is 29.9. The number of amides is 4. The summed E-state index contributed by atoms with van der Waals surface area (Å²) in [6.07, 6.45) is 5.38. The van der Waals surface area contributed by atoms with Crippen LogP contribution in [0.3, 0.4) is 0 Å². The number of benzene rings is 3. The first-order valence-corrected chi connectivity index (χ1v) is 22.4. The number of nitrogens with one attached hydrogen (secondary N) is 5. The zero-order valence-electron chi connectivity index (χ0n) is 35.4. The number of imide groups is 2. The summed E-state index contributed by atoms with van der Waals surface area (Å²) in [5.41, 5.74) is 1.82. The molecular weight excluding hydrogens is 840 g/mol. The Morgan fingerprint density at radius 1 is 0.841 bits per heavy atom. The van der Waals surface area contributed by atoms with Crippen LogP contribution in [0.15, 0.2) is 54.7 Å². The quantitative estimate of drug-likeness (QED) is 0.0602. The lowest BCUT2D eigenvalue weighted by Crippen LogP contribution is -2.54. The third-order valence-corrected chi connectivity index (χ3v) is 13.6. The Morgan fingerprint density at radius 3 is 2.27 bits per heavy atom. The standard InChI is InChI=1S/C44H50F3N9O6S/c1-25-24-49-43(53-39(25)50-27-11-12-30(45)34(23-27)54-63(61,62)44(2,3)4)51-28-21-31(46)37(32(47)22-28)26-15-19-55(20-16-26)18-7-5-6-17-48-33-10-8-9-29-38(33)42(60)56(41(29)59)35-13-14-36(57)52-40(35)58/h8-12,21-24,26,35,48,54H,5-7,13-20H2,1-4H3,(H,52,57,58)(H2,49,50,51,53). The fourth-order valence-electron chi connectivity index (χ4n) is 7.89. The van der Waals surface area contributed by atoms with Crippen LogP contribution in [-0.4, -0.2) is 88.8 Å². The van der Waals surface area contributed by atoms with Crippen LogP contribution in [0.4, 0.5) is 47.7 Å². The SMILES string of the molecule is Cc1cnc(Nc2cc(F)c(C3CCN(CCCCCNc4cccc5c4C(=O)N(C4CCC(=O)NC4=O)C5=O)CC3)c(F)c2)nc1Nc1ccc(F)c(NS(=O)(=O)C(C)(C)C)c1. The van der Waals surface area contributed by atoms with E-state index in [9.17, 15) is 32.0 Å². The van der Waals surface area contributed by atoms with Crippen molar-refractivity contribution < 1.29 is 40.8 Å². The van der Waals surface area contributed by atoms with Crippen LogP contribution in [0.2, 0.25) is 0 Å². The predicted molar refractivity (Wildman–Crippen MR) is 232 cm³/mol. The summed E-state index contributed by atoms with van der Waals surface area (Å²) in [5.74, 6) is -4.26. The minimum atomic E-state index is -3.90. The van der Waals surface area contributed by atoms with E-state index in [1.807, 2.05) is 0 Å². The molecule has 3 aliphatic heterocycles. The topological polar surface area (TPSA) is 195 Å². The molecule has 4 amide bonds.